The Morgan fingerprint density at radius 1 is 0.274 bits per heavy atom. The monoisotopic (exact) mass is 1020 g/mol. The second kappa shape index (κ2) is 62.2. The summed E-state index contributed by atoms with van der Waals surface area (Å²) in [7, 11) is 0. The van der Waals surface area contributed by atoms with Crippen LogP contribution >= 0.6 is 0 Å². The first kappa shape index (κ1) is 70.6. The number of unbranched alkanes of at least 4 members (excludes halogenated alkanes) is 43. The molecule has 0 rings (SSSR count). The van der Waals surface area contributed by atoms with Gasteiger partial charge >= 0.3 is 17.9 Å². The third-order valence-electron chi connectivity index (χ3n) is 14.6. The quantitative estimate of drug-likeness (QED) is 0.0261. The normalized spacial score (nSPS) is 12.2. The highest BCUT2D eigenvalue weighted by Gasteiger charge is 2.19. The predicted molar refractivity (Wildman–Crippen MR) is 316 cm³/mol. The highest BCUT2D eigenvalue weighted by atomic mass is 16.6. The van der Waals surface area contributed by atoms with Crippen LogP contribution < -0.4 is 0 Å². The molecule has 0 amide bonds. The zero-order chi connectivity index (χ0) is 52.9. The van der Waals surface area contributed by atoms with E-state index in [1.807, 2.05) is 0 Å². The molecule has 1 unspecified atom stereocenters. The molecule has 0 spiro atoms. The van der Waals surface area contributed by atoms with E-state index < -0.39 is 6.10 Å². The third-order valence-corrected chi connectivity index (χ3v) is 14.6. The van der Waals surface area contributed by atoms with E-state index in [2.05, 4.69) is 57.2 Å². The van der Waals surface area contributed by atoms with Crippen LogP contribution in [0.4, 0.5) is 0 Å². The minimum atomic E-state index is -0.781. The van der Waals surface area contributed by atoms with E-state index in [1.54, 1.807) is 0 Å². The van der Waals surface area contributed by atoms with Crippen molar-refractivity contribution in [2.45, 2.75) is 361 Å². The predicted octanol–water partition coefficient (Wildman–Crippen LogP) is 22.0. The molecule has 1 atom stereocenters. The van der Waals surface area contributed by atoms with E-state index in [4.69, 9.17) is 14.2 Å². The molecule has 0 aliphatic rings. The Morgan fingerprint density at radius 3 is 0.808 bits per heavy atom. The summed E-state index contributed by atoms with van der Waals surface area (Å²) >= 11 is 0. The zero-order valence-corrected chi connectivity index (χ0v) is 49.2. The number of hydrogen-bond donors (Lipinski definition) is 0. The van der Waals surface area contributed by atoms with Crippen LogP contribution in [0, 0.1) is 0 Å². The maximum atomic E-state index is 12.9. The molecule has 0 aliphatic carbocycles. The van der Waals surface area contributed by atoms with Gasteiger partial charge in [0.15, 0.2) is 6.10 Å². The largest absolute Gasteiger partial charge is 0.462 e. The van der Waals surface area contributed by atoms with Gasteiger partial charge in [-0.25, -0.2) is 0 Å². The number of hydrogen-bond acceptors (Lipinski definition) is 6. The van der Waals surface area contributed by atoms with Crippen molar-refractivity contribution in [3.05, 3.63) is 36.5 Å². The Kier molecular flexibility index (Phi) is 60.2. The van der Waals surface area contributed by atoms with Crippen molar-refractivity contribution >= 4 is 17.9 Å². The molecule has 428 valence electrons. The van der Waals surface area contributed by atoms with Crippen LogP contribution in [0.15, 0.2) is 36.5 Å². The standard InChI is InChI=1S/C67H124O6/c1-4-7-10-13-16-19-22-25-28-29-30-31-32-33-34-35-36-37-38-39-40-43-45-48-51-54-57-60-66(69)72-63-64(73-67(70)61-58-55-52-49-46-42-27-24-21-18-15-12-9-6-3)62-71-65(68)59-56-53-50-47-44-41-26-23-20-17-14-11-8-5-2/h15,18,23-24,26-27,64H,4-14,16-17,19-22,25,28-63H2,1-3H3/b18-15-,26-23-,27-24-. The fraction of sp³-hybridized carbons (Fsp3) is 0.866. The second-order valence-electron chi connectivity index (χ2n) is 22.0. The maximum absolute atomic E-state index is 12.9. The molecule has 0 aromatic carbocycles. The molecule has 0 aromatic rings. The zero-order valence-electron chi connectivity index (χ0n) is 49.2. The lowest BCUT2D eigenvalue weighted by Crippen LogP contribution is -2.30. The third kappa shape index (κ3) is 60.4. The van der Waals surface area contributed by atoms with Gasteiger partial charge in [-0.05, 0) is 70.6 Å². The highest BCUT2D eigenvalue weighted by Crippen LogP contribution is 2.18. The van der Waals surface area contributed by atoms with E-state index in [0.29, 0.717) is 19.3 Å². The molecular formula is C67H124O6. The summed E-state index contributed by atoms with van der Waals surface area (Å²) in [5, 5.41) is 0. The Hall–Kier alpha value is -2.37. The Morgan fingerprint density at radius 2 is 0.507 bits per heavy atom. The average Bonchev–Trinajstić information content (AvgIpc) is 3.39. The smallest absolute Gasteiger partial charge is 0.306 e. The summed E-state index contributed by atoms with van der Waals surface area (Å²) in [6, 6.07) is 0. The molecule has 0 aliphatic heterocycles. The molecule has 0 saturated carbocycles. The minimum Gasteiger partial charge on any atom is -0.462 e. The van der Waals surface area contributed by atoms with Gasteiger partial charge in [0, 0.05) is 19.3 Å². The lowest BCUT2D eigenvalue weighted by molar-refractivity contribution is -0.167. The maximum Gasteiger partial charge on any atom is 0.306 e. The summed E-state index contributed by atoms with van der Waals surface area (Å²) in [4.78, 5) is 38.2. The topological polar surface area (TPSA) is 78.9 Å². The van der Waals surface area contributed by atoms with Crippen molar-refractivity contribution in [2.24, 2.45) is 0 Å². The first-order valence-electron chi connectivity index (χ1n) is 32.5. The lowest BCUT2D eigenvalue weighted by Gasteiger charge is -2.18. The summed E-state index contributed by atoms with van der Waals surface area (Å²) in [6.45, 7) is 6.63. The minimum absolute atomic E-state index is 0.0767. The van der Waals surface area contributed by atoms with Gasteiger partial charge in [-0.1, -0.05) is 301 Å². The summed E-state index contributed by atoms with van der Waals surface area (Å²) in [5.74, 6) is -0.879. The molecule has 6 nitrogen and oxygen atoms in total. The van der Waals surface area contributed by atoms with Gasteiger partial charge in [0.25, 0.3) is 0 Å². The summed E-state index contributed by atoms with van der Waals surface area (Å²) < 4.78 is 16.9. The van der Waals surface area contributed by atoms with Crippen molar-refractivity contribution in [3.8, 4) is 0 Å². The number of esters is 3. The van der Waals surface area contributed by atoms with E-state index >= 15 is 0 Å². The molecule has 0 bridgehead atoms. The average molecular weight is 1030 g/mol. The van der Waals surface area contributed by atoms with Crippen LogP contribution in [0.3, 0.4) is 0 Å². The van der Waals surface area contributed by atoms with E-state index in [-0.39, 0.29) is 31.1 Å². The summed E-state index contributed by atoms with van der Waals surface area (Å²) in [5.41, 5.74) is 0. The fourth-order valence-corrected chi connectivity index (χ4v) is 9.69. The van der Waals surface area contributed by atoms with Gasteiger partial charge in [0.1, 0.15) is 13.2 Å². The number of carbonyl (C=O) groups is 3. The number of rotatable bonds is 60. The van der Waals surface area contributed by atoms with Crippen molar-refractivity contribution < 1.29 is 28.6 Å². The number of allylic oxidation sites excluding steroid dienone is 6. The van der Waals surface area contributed by atoms with Crippen LogP contribution in [0.2, 0.25) is 0 Å². The molecule has 0 heterocycles. The number of carbonyl (C=O) groups excluding carboxylic acids is 3. The van der Waals surface area contributed by atoms with E-state index in [1.165, 1.54) is 225 Å². The molecule has 0 radical (unpaired) electrons. The summed E-state index contributed by atoms with van der Waals surface area (Å²) in [6.07, 6.45) is 76.0. The first-order valence-corrected chi connectivity index (χ1v) is 32.5. The Labute approximate surface area is 455 Å². The Balaban J connectivity index is 4.19. The van der Waals surface area contributed by atoms with Gasteiger partial charge in [-0.15, -0.1) is 0 Å². The van der Waals surface area contributed by atoms with E-state index in [9.17, 15) is 14.4 Å². The molecule has 0 saturated heterocycles. The van der Waals surface area contributed by atoms with Gasteiger partial charge in [0.05, 0.1) is 0 Å². The van der Waals surface area contributed by atoms with Gasteiger partial charge in [0.2, 0.25) is 0 Å². The fourth-order valence-electron chi connectivity index (χ4n) is 9.69. The van der Waals surface area contributed by atoms with Crippen LogP contribution in [0.1, 0.15) is 355 Å². The molecule has 0 fully saturated rings. The molecular weight excluding hydrogens is 901 g/mol. The van der Waals surface area contributed by atoms with Gasteiger partial charge < -0.3 is 14.2 Å². The van der Waals surface area contributed by atoms with Crippen LogP contribution in [-0.4, -0.2) is 37.2 Å². The van der Waals surface area contributed by atoms with Gasteiger partial charge in [-0.3, -0.25) is 14.4 Å². The van der Waals surface area contributed by atoms with Crippen molar-refractivity contribution in [1.82, 2.24) is 0 Å². The highest BCUT2D eigenvalue weighted by molar-refractivity contribution is 5.71. The molecule has 0 aromatic heterocycles. The van der Waals surface area contributed by atoms with Crippen LogP contribution in [0.25, 0.3) is 0 Å². The lowest BCUT2D eigenvalue weighted by atomic mass is 10.0. The molecule has 6 heteroatoms. The second-order valence-corrected chi connectivity index (χ2v) is 22.0. The molecule has 73 heavy (non-hydrogen) atoms. The van der Waals surface area contributed by atoms with Crippen LogP contribution in [-0.2, 0) is 28.6 Å². The van der Waals surface area contributed by atoms with Gasteiger partial charge in [-0.2, -0.15) is 0 Å². The first-order chi connectivity index (χ1) is 36.0. The molecule has 0 N–H and O–H groups in total. The van der Waals surface area contributed by atoms with Crippen molar-refractivity contribution in [2.75, 3.05) is 13.2 Å². The van der Waals surface area contributed by atoms with Crippen molar-refractivity contribution in [3.63, 3.8) is 0 Å². The number of ether oxygens (including phenoxy) is 3. The van der Waals surface area contributed by atoms with Crippen LogP contribution in [0.5, 0.6) is 0 Å². The SMILES string of the molecule is CCCC/C=C\C/C=C\CCCCCCCC(=O)OC(COC(=O)CCCCCCC/C=C\CCCCCCC)COC(=O)CCCCCCCCCCCCCCCCCCCCCCCCCCCCC. The Bertz CT molecular complexity index is 1220. The van der Waals surface area contributed by atoms with Crippen molar-refractivity contribution in [1.29, 1.82) is 0 Å². The van der Waals surface area contributed by atoms with E-state index in [0.717, 1.165) is 89.9 Å².